The van der Waals surface area contributed by atoms with Crippen LogP contribution in [0.2, 0.25) is 0 Å². The smallest absolute Gasteiger partial charge is 0.245 e. The lowest BCUT2D eigenvalue weighted by molar-refractivity contribution is -0.126. The topological polar surface area (TPSA) is 93.0 Å². The number of methoxy groups -OCH3 is 1. The summed E-state index contributed by atoms with van der Waals surface area (Å²) in [5, 5.41) is 2.90. The Morgan fingerprint density at radius 1 is 1.55 bits per heavy atom. The van der Waals surface area contributed by atoms with Gasteiger partial charge in [0.05, 0.1) is 25.7 Å². The number of aryl methyl sites for hydroxylation is 1. The minimum absolute atomic E-state index is 0.179. The predicted molar refractivity (Wildman–Crippen MR) is 82.4 cm³/mol. The molecule has 4 N–H and O–H groups in total. The fourth-order valence-corrected chi connectivity index (χ4v) is 3.01. The Bertz CT molecular complexity index is 710. The standard InChI is InChI=1S/C16H20N4O2/c1-10-13(20-9-19-10)8-18-15(21)16(17)7-6-11-12(16)4-3-5-14(11)22-2/h3-5,9H,6-8,17H2,1-2H3,(H,18,21)(H,19,20). The Kier molecular flexibility index (Phi) is 3.62. The molecule has 0 radical (unpaired) electrons. The van der Waals surface area contributed by atoms with E-state index in [1.807, 2.05) is 25.1 Å². The molecule has 0 bridgehead atoms. The average Bonchev–Trinajstić information content (AvgIpc) is 3.09. The molecule has 6 nitrogen and oxygen atoms in total. The number of amides is 1. The van der Waals surface area contributed by atoms with Gasteiger partial charge in [0.15, 0.2) is 0 Å². The summed E-state index contributed by atoms with van der Waals surface area (Å²) in [7, 11) is 1.63. The van der Waals surface area contributed by atoms with Crippen molar-refractivity contribution in [1.29, 1.82) is 0 Å². The third kappa shape index (κ3) is 2.25. The van der Waals surface area contributed by atoms with Crippen LogP contribution in [0, 0.1) is 6.92 Å². The van der Waals surface area contributed by atoms with Crippen LogP contribution in [0.15, 0.2) is 24.5 Å². The Hall–Kier alpha value is -2.34. The number of aromatic nitrogens is 2. The number of aromatic amines is 1. The Balaban J connectivity index is 1.81. The first kappa shape index (κ1) is 14.6. The molecule has 1 aromatic carbocycles. The van der Waals surface area contributed by atoms with Crippen molar-refractivity contribution in [2.45, 2.75) is 31.8 Å². The number of nitrogens with zero attached hydrogens (tertiary/aromatic N) is 1. The van der Waals surface area contributed by atoms with Crippen molar-refractivity contribution in [2.75, 3.05) is 7.11 Å². The number of rotatable bonds is 4. The van der Waals surface area contributed by atoms with E-state index in [0.717, 1.165) is 34.7 Å². The number of nitrogens with two attached hydrogens (primary N) is 1. The molecular weight excluding hydrogens is 280 g/mol. The number of fused-ring (bicyclic) bond motifs is 1. The molecule has 0 saturated carbocycles. The summed E-state index contributed by atoms with van der Waals surface area (Å²) in [4.78, 5) is 19.8. The van der Waals surface area contributed by atoms with Crippen LogP contribution in [0.25, 0.3) is 0 Å². The molecular formula is C16H20N4O2. The van der Waals surface area contributed by atoms with Gasteiger partial charge in [0, 0.05) is 5.69 Å². The molecule has 1 heterocycles. The lowest BCUT2D eigenvalue weighted by Gasteiger charge is -2.24. The summed E-state index contributed by atoms with van der Waals surface area (Å²) in [5.41, 5.74) is 9.05. The molecule has 1 aliphatic rings. The van der Waals surface area contributed by atoms with Gasteiger partial charge in [-0.2, -0.15) is 0 Å². The van der Waals surface area contributed by atoms with Crippen LogP contribution in [0.5, 0.6) is 5.75 Å². The number of ether oxygens (including phenoxy) is 1. The number of carbonyl (C=O) groups excluding carboxylic acids is 1. The van der Waals surface area contributed by atoms with Gasteiger partial charge in [0.25, 0.3) is 0 Å². The maximum Gasteiger partial charge on any atom is 0.245 e. The monoisotopic (exact) mass is 300 g/mol. The number of benzene rings is 1. The van der Waals surface area contributed by atoms with Gasteiger partial charge in [-0.05, 0) is 37.0 Å². The summed E-state index contributed by atoms with van der Waals surface area (Å²) in [5.74, 6) is 0.614. The Morgan fingerprint density at radius 3 is 3.05 bits per heavy atom. The summed E-state index contributed by atoms with van der Waals surface area (Å²) in [6.07, 6.45) is 2.93. The van der Waals surface area contributed by atoms with E-state index in [1.165, 1.54) is 0 Å². The van der Waals surface area contributed by atoms with Crippen LogP contribution in [-0.4, -0.2) is 23.0 Å². The Labute approximate surface area is 129 Å². The molecule has 1 aromatic heterocycles. The molecule has 1 aliphatic carbocycles. The van der Waals surface area contributed by atoms with Gasteiger partial charge >= 0.3 is 0 Å². The predicted octanol–water partition coefficient (Wildman–Crippen LogP) is 1.14. The van der Waals surface area contributed by atoms with Crippen LogP contribution in [0.3, 0.4) is 0 Å². The number of hydrogen-bond acceptors (Lipinski definition) is 4. The van der Waals surface area contributed by atoms with Crippen molar-refractivity contribution in [2.24, 2.45) is 5.73 Å². The van der Waals surface area contributed by atoms with E-state index in [2.05, 4.69) is 15.3 Å². The number of hydrogen-bond donors (Lipinski definition) is 3. The first-order chi connectivity index (χ1) is 10.6. The zero-order chi connectivity index (χ0) is 15.7. The highest BCUT2D eigenvalue weighted by atomic mass is 16.5. The lowest BCUT2D eigenvalue weighted by Crippen LogP contribution is -2.49. The van der Waals surface area contributed by atoms with E-state index in [1.54, 1.807) is 13.4 Å². The molecule has 3 rings (SSSR count). The fraction of sp³-hybridized carbons (Fsp3) is 0.375. The molecule has 22 heavy (non-hydrogen) atoms. The fourth-order valence-electron chi connectivity index (χ4n) is 3.01. The highest BCUT2D eigenvalue weighted by molar-refractivity contribution is 5.89. The third-order valence-electron chi connectivity index (χ3n) is 4.36. The maximum absolute atomic E-state index is 12.6. The van der Waals surface area contributed by atoms with Crippen molar-refractivity contribution in [3.05, 3.63) is 47.0 Å². The van der Waals surface area contributed by atoms with E-state index >= 15 is 0 Å². The molecule has 1 atom stereocenters. The molecule has 0 fully saturated rings. The minimum atomic E-state index is -1.01. The van der Waals surface area contributed by atoms with E-state index in [4.69, 9.17) is 10.5 Å². The molecule has 0 aliphatic heterocycles. The number of nitrogens with one attached hydrogen (secondary N) is 2. The lowest BCUT2D eigenvalue weighted by atomic mass is 9.92. The van der Waals surface area contributed by atoms with E-state index in [9.17, 15) is 4.79 Å². The summed E-state index contributed by atoms with van der Waals surface area (Å²) in [6, 6.07) is 5.68. The highest BCUT2D eigenvalue weighted by Gasteiger charge is 2.42. The molecule has 1 amide bonds. The van der Waals surface area contributed by atoms with E-state index < -0.39 is 5.54 Å². The minimum Gasteiger partial charge on any atom is -0.496 e. The molecule has 116 valence electrons. The second-order valence-corrected chi connectivity index (χ2v) is 5.61. The SMILES string of the molecule is COc1cccc2c1CCC2(N)C(=O)NCc1nc[nH]c1C. The van der Waals surface area contributed by atoms with Crippen molar-refractivity contribution < 1.29 is 9.53 Å². The van der Waals surface area contributed by atoms with Crippen LogP contribution in [0.4, 0.5) is 0 Å². The molecule has 6 heteroatoms. The average molecular weight is 300 g/mol. The largest absolute Gasteiger partial charge is 0.496 e. The first-order valence-electron chi connectivity index (χ1n) is 7.28. The van der Waals surface area contributed by atoms with Crippen molar-refractivity contribution >= 4 is 5.91 Å². The zero-order valence-corrected chi connectivity index (χ0v) is 12.8. The van der Waals surface area contributed by atoms with Gasteiger partial charge in [0.2, 0.25) is 5.91 Å². The summed E-state index contributed by atoms with van der Waals surface area (Å²) >= 11 is 0. The van der Waals surface area contributed by atoms with Crippen LogP contribution in [-0.2, 0) is 23.3 Å². The molecule has 1 unspecified atom stereocenters. The highest BCUT2D eigenvalue weighted by Crippen LogP contribution is 2.39. The quantitative estimate of drug-likeness (QED) is 0.789. The number of H-pyrrole nitrogens is 1. The van der Waals surface area contributed by atoms with E-state index in [0.29, 0.717) is 13.0 Å². The second kappa shape index (κ2) is 5.46. The normalized spacial score (nSPS) is 19.8. The maximum atomic E-state index is 12.6. The molecule has 0 spiro atoms. The van der Waals surface area contributed by atoms with Gasteiger partial charge in [-0.15, -0.1) is 0 Å². The molecule has 2 aromatic rings. The van der Waals surface area contributed by atoms with Crippen molar-refractivity contribution in [1.82, 2.24) is 15.3 Å². The van der Waals surface area contributed by atoms with Crippen LogP contribution >= 0.6 is 0 Å². The second-order valence-electron chi connectivity index (χ2n) is 5.61. The van der Waals surface area contributed by atoms with E-state index in [-0.39, 0.29) is 5.91 Å². The van der Waals surface area contributed by atoms with Crippen molar-refractivity contribution in [3.8, 4) is 5.75 Å². The number of imidazole rings is 1. The molecule has 0 saturated heterocycles. The van der Waals surface area contributed by atoms with Crippen LogP contribution in [0.1, 0.15) is 28.9 Å². The third-order valence-corrected chi connectivity index (χ3v) is 4.36. The van der Waals surface area contributed by atoms with Gasteiger partial charge in [-0.25, -0.2) is 4.98 Å². The van der Waals surface area contributed by atoms with Crippen LogP contribution < -0.4 is 15.8 Å². The first-order valence-corrected chi connectivity index (χ1v) is 7.28. The van der Waals surface area contributed by atoms with Gasteiger partial charge in [0.1, 0.15) is 11.3 Å². The zero-order valence-electron chi connectivity index (χ0n) is 12.8. The summed E-state index contributed by atoms with van der Waals surface area (Å²) < 4.78 is 5.36. The summed E-state index contributed by atoms with van der Waals surface area (Å²) in [6.45, 7) is 2.29. The Morgan fingerprint density at radius 2 is 2.36 bits per heavy atom. The number of carbonyl (C=O) groups is 1. The van der Waals surface area contributed by atoms with Gasteiger partial charge in [-0.1, -0.05) is 12.1 Å². The van der Waals surface area contributed by atoms with Gasteiger partial charge in [-0.3, -0.25) is 4.79 Å². The van der Waals surface area contributed by atoms with Crippen molar-refractivity contribution in [3.63, 3.8) is 0 Å². The van der Waals surface area contributed by atoms with Gasteiger partial charge < -0.3 is 20.8 Å².